The summed E-state index contributed by atoms with van der Waals surface area (Å²) in [5.41, 5.74) is 7.78. The second-order valence-electron chi connectivity index (χ2n) is 3.78. The van der Waals surface area contributed by atoms with E-state index in [2.05, 4.69) is 6.58 Å². The molecule has 0 spiro atoms. The lowest BCUT2D eigenvalue weighted by Crippen LogP contribution is -2.11. The molecule has 1 aromatic rings. The average Bonchev–Trinajstić information content (AvgIpc) is 2.35. The number of rotatable bonds is 5. The molecule has 0 fully saturated rings. The molecule has 0 saturated carbocycles. The van der Waals surface area contributed by atoms with Crippen LogP contribution < -0.4 is 19.9 Å². The maximum absolute atomic E-state index is 6.03. The predicted octanol–water partition coefficient (Wildman–Crippen LogP) is 2.29. The highest BCUT2D eigenvalue weighted by atomic mass is 16.5. The molecule has 0 saturated heterocycles. The normalized spacial score (nSPS) is 11.8. The van der Waals surface area contributed by atoms with Gasteiger partial charge in [-0.25, -0.2) is 0 Å². The Morgan fingerprint density at radius 2 is 1.59 bits per heavy atom. The largest absolute Gasteiger partial charge is 0.493 e. The second-order valence-corrected chi connectivity index (χ2v) is 3.78. The summed E-state index contributed by atoms with van der Waals surface area (Å²) >= 11 is 0. The third kappa shape index (κ3) is 2.71. The molecular weight excluding hydrogens is 218 g/mol. The monoisotopic (exact) mass is 237 g/mol. The summed E-state index contributed by atoms with van der Waals surface area (Å²) in [6.45, 7) is 5.73. The Kier molecular flexibility index (Phi) is 4.40. The van der Waals surface area contributed by atoms with E-state index in [0.29, 0.717) is 17.2 Å². The first-order valence-electron chi connectivity index (χ1n) is 5.26. The molecule has 0 aliphatic heterocycles. The molecule has 0 amide bonds. The lowest BCUT2D eigenvalue weighted by Gasteiger charge is -2.17. The van der Waals surface area contributed by atoms with E-state index < -0.39 is 0 Å². The van der Waals surface area contributed by atoms with Crippen LogP contribution in [-0.4, -0.2) is 21.3 Å². The quantitative estimate of drug-likeness (QED) is 0.798. The predicted molar refractivity (Wildman–Crippen MR) is 67.8 cm³/mol. The molecule has 2 N–H and O–H groups in total. The van der Waals surface area contributed by atoms with E-state index in [4.69, 9.17) is 19.9 Å². The summed E-state index contributed by atoms with van der Waals surface area (Å²) in [5, 5.41) is 0. The summed E-state index contributed by atoms with van der Waals surface area (Å²) in [5.74, 6) is 1.75. The van der Waals surface area contributed by atoms with Gasteiger partial charge in [0.25, 0.3) is 0 Å². The molecule has 1 aromatic carbocycles. The highest BCUT2D eigenvalue weighted by molar-refractivity contribution is 5.55. The fourth-order valence-corrected chi connectivity index (χ4v) is 1.57. The van der Waals surface area contributed by atoms with Gasteiger partial charge in [-0.1, -0.05) is 12.2 Å². The number of ether oxygens (including phenoxy) is 3. The lowest BCUT2D eigenvalue weighted by molar-refractivity contribution is 0.323. The molecule has 1 unspecified atom stereocenters. The van der Waals surface area contributed by atoms with Gasteiger partial charge in [0.2, 0.25) is 5.75 Å². The summed E-state index contributed by atoms with van der Waals surface area (Å²) in [7, 11) is 4.72. The molecule has 0 heterocycles. The molecule has 0 aliphatic rings. The molecule has 1 atom stereocenters. The van der Waals surface area contributed by atoms with E-state index in [9.17, 15) is 0 Å². The average molecular weight is 237 g/mol. The van der Waals surface area contributed by atoms with Crippen LogP contribution in [0.4, 0.5) is 0 Å². The number of benzene rings is 1. The molecular formula is C13H19NO3. The maximum Gasteiger partial charge on any atom is 0.203 e. The van der Waals surface area contributed by atoms with Crippen molar-refractivity contribution in [2.75, 3.05) is 21.3 Å². The summed E-state index contributed by atoms with van der Waals surface area (Å²) in [6, 6.07) is 3.42. The number of nitrogens with two attached hydrogens (primary N) is 1. The van der Waals surface area contributed by atoms with Gasteiger partial charge >= 0.3 is 0 Å². The van der Waals surface area contributed by atoms with Crippen LogP contribution in [0.25, 0.3) is 0 Å². The standard InChI is InChI=1S/C13H19NO3/c1-8(2)12(14)9-6-10(15-3)13(17-5)11(7-9)16-4/h6-7,12H,1,14H2,2-5H3. The zero-order valence-electron chi connectivity index (χ0n) is 10.7. The van der Waals surface area contributed by atoms with Crippen molar-refractivity contribution in [3.05, 3.63) is 29.8 Å². The molecule has 0 radical (unpaired) electrons. The fraction of sp³-hybridized carbons (Fsp3) is 0.385. The highest BCUT2D eigenvalue weighted by Gasteiger charge is 2.16. The first-order chi connectivity index (χ1) is 8.04. The van der Waals surface area contributed by atoms with Crippen molar-refractivity contribution in [2.24, 2.45) is 5.73 Å². The minimum absolute atomic E-state index is 0.247. The Morgan fingerprint density at radius 3 is 1.88 bits per heavy atom. The van der Waals surface area contributed by atoms with Gasteiger partial charge < -0.3 is 19.9 Å². The SMILES string of the molecule is C=C(C)C(N)c1cc(OC)c(OC)c(OC)c1. The van der Waals surface area contributed by atoms with Crippen molar-refractivity contribution < 1.29 is 14.2 Å². The third-order valence-electron chi connectivity index (χ3n) is 2.58. The van der Waals surface area contributed by atoms with Gasteiger partial charge in [-0.3, -0.25) is 0 Å². The van der Waals surface area contributed by atoms with Crippen LogP contribution in [0.3, 0.4) is 0 Å². The molecule has 94 valence electrons. The molecule has 0 aromatic heterocycles. The Morgan fingerprint density at radius 1 is 1.12 bits per heavy atom. The molecule has 17 heavy (non-hydrogen) atoms. The Hall–Kier alpha value is -1.68. The summed E-state index contributed by atoms with van der Waals surface area (Å²) in [4.78, 5) is 0. The van der Waals surface area contributed by atoms with Gasteiger partial charge in [0, 0.05) is 0 Å². The van der Waals surface area contributed by atoms with Gasteiger partial charge in [0.1, 0.15) is 0 Å². The number of hydrogen-bond acceptors (Lipinski definition) is 4. The van der Waals surface area contributed by atoms with E-state index in [1.807, 2.05) is 19.1 Å². The Labute approximate surface area is 102 Å². The molecule has 0 bridgehead atoms. The molecule has 1 rings (SSSR count). The van der Waals surface area contributed by atoms with Crippen molar-refractivity contribution in [1.29, 1.82) is 0 Å². The van der Waals surface area contributed by atoms with Crippen LogP contribution in [0.15, 0.2) is 24.3 Å². The molecule has 4 nitrogen and oxygen atoms in total. The van der Waals surface area contributed by atoms with Gasteiger partial charge in [0.05, 0.1) is 27.4 Å². The summed E-state index contributed by atoms with van der Waals surface area (Å²) in [6.07, 6.45) is 0. The van der Waals surface area contributed by atoms with E-state index in [1.54, 1.807) is 21.3 Å². The second kappa shape index (κ2) is 5.59. The van der Waals surface area contributed by atoms with Crippen molar-refractivity contribution in [1.82, 2.24) is 0 Å². The minimum atomic E-state index is -0.247. The maximum atomic E-state index is 6.03. The number of hydrogen-bond donors (Lipinski definition) is 1. The highest BCUT2D eigenvalue weighted by Crippen LogP contribution is 2.40. The zero-order valence-corrected chi connectivity index (χ0v) is 10.7. The van der Waals surface area contributed by atoms with E-state index >= 15 is 0 Å². The molecule has 4 heteroatoms. The van der Waals surface area contributed by atoms with Gasteiger partial charge in [-0.2, -0.15) is 0 Å². The summed E-state index contributed by atoms with van der Waals surface area (Å²) < 4.78 is 15.8. The van der Waals surface area contributed by atoms with Crippen LogP contribution in [0, 0.1) is 0 Å². The van der Waals surface area contributed by atoms with Crippen LogP contribution in [0.5, 0.6) is 17.2 Å². The van der Waals surface area contributed by atoms with Crippen LogP contribution in [0.2, 0.25) is 0 Å². The third-order valence-corrected chi connectivity index (χ3v) is 2.58. The Bertz CT molecular complexity index is 390. The van der Waals surface area contributed by atoms with Gasteiger partial charge in [0.15, 0.2) is 11.5 Å². The van der Waals surface area contributed by atoms with Gasteiger partial charge in [-0.05, 0) is 24.6 Å². The van der Waals surface area contributed by atoms with Crippen LogP contribution in [-0.2, 0) is 0 Å². The number of methoxy groups -OCH3 is 3. The lowest BCUT2D eigenvalue weighted by atomic mass is 10.0. The first kappa shape index (κ1) is 13.4. The minimum Gasteiger partial charge on any atom is -0.493 e. The van der Waals surface area contributed by atoms with E-state index in [1.165, 1.54) is 0 Å². The van der Waals surface area contributed by atoms with Crippen LogP contribution in [0.1, 0.15) is 18.5 Å². The van der Waals surface area contributed by atoms with Crippen molar-refractivity contribution in [3.63, 3.8) is 0 Å². The smallest absolute Gasteiger partial charge is 0.203 e. The molecule has 0 aliphatic carbocycles. The van der Waals surface area contributed by atoms with Gasteiger partial charge in [-0.15, -0.1) is 0 Å². The van der Waals surface area contributed by atoms with Crippen LogP contribution >= 0.6 is 0 Å². The van der Waals surface area contributed by atoms with E-state index in [-0.39, 0.29) is 6.04 Å². The topological polar surface area (TPSA) is 53.7 Å². The first-order valence-corrected chi connectivity index (χ1v) is 5.26. The van der Waals surface area contributed by atoms with Crippen molar-refractivity contribution in [3.8, 4) is 17.2 Å². The zero-order chi connectivity index (χ0) is 13.0. The van der Waals surface area contributed by atoms with Crippen molar-refractivity contribution >= 4 is 0 Å². The fourth-order valence-electron chi connectivity index (χ4n) is 1.57. The van der Waals surface area contributed by atoms with Crippen molar-refractivity contribution in [2.45, 2.75) is 13.0 Å². The Balaban J connectivity index is 3.31. The van der Waals surface area contributed by atoms with E-state index in [0.717, 1.165) is 11.1 Å².